The molecule has 0 saturated heterocycles. The summed E-state index contributed by atoms with van der Waals surface area (Å²) in [5, 5.41) is 7.43. The largest absolute Gasteiger partial charge is 0.303 e. The zero-order valence-electron chi connectivity index (χ0n) is 5.82. The van der Waals surface area contributed by atoms with Gasteiger partial charge in [0, 0.05) is 13.0 Å². The minimum absolute atomic E-state index is 0.404. The summed E-state index contributed by atoms with van der Waals surface area (Å²) < 4.78 is 1.70. The first-order chi connectivity index (χ1) is 4.88. The molecule has 0 bridgehead atoms. The summed E-state index contributed by atoms with van der Waals surface area (Å²) in [6.07, 6.45) is 2.86. The van der Waals surface area contributed by atoms with Gasteiger partial charge in [0.05, 0.1) is 11.9 Å². The lowest BCUT2D eigenvalue weighted by Crippen LogP contribution is -2.02. The van der Waals surface area contributed by atoms with Gasteiger partial charge in [0.1, 0.15) is 6.29 Å². The molecule has 4 heteroatoms. The Morgan fingerprint density at radius 3 is 3.20 bits per heavy atom. The molecule has 0 fully saturated rings. The summed E-state index contributed by atoms with van der Waals surface area (Å²) in [5.41, 5.74) is 0.873. The molecule has 54 valence electrons. The first kappa shape index (κ1) is 6.92. The average molecular weight is 139 g/mol. The average Bonchev–Trinajstić information content (AvgIpc) is 2.36. The highest BCUT2D eigenvalue weighted by Gasteiger charge is 1.98. The highest BCUT2D eigenvalue weighted by Crippen LogP contribution is 1.94. The van der Waals surface area contributed by atoms with Crippen LogP contribution < -0.4 is 0 Å². The van der Waals surface area contributed by atoms with E-state index in [0.717, 1.165) is 18.5 Å². The maximum absolute atomic E-state index is 10.1. The molecule has 1 aromatic heterocycles. The quantitative estimate of drug-likeness (QED) is 0.555. The molecule has 4 nitrogen and oxygen atoms in total. The van der Waals surface area contributed by atoms with E-state index in [9.17, 15) is 4.79 Å². The van der Waals surface area contributed by atoms with Gasteiger partial charge in [-0.1, -0.05) is 5.21 Å². The van der Waals surface area contributed by atoms with Crippen molar-refractivity contribution in [2.45, 2.75) is 19.9 Å². The van der Waals surface area contributed by atoms with Gasteiger partial charge in [-0.3, -0.25) is 0 Å². The molecule has 0 spiro atoms. The van der Waals surface area contributed by atoms with Crippen molar-refractivity contribution in [2.75, 3.05) is 0 Å². The third kappa shape index (κ3) is 1.21. The van der Waals surface area contributed by atoms with Crippen molar-refractivity contribution in [3.8, 4) is 0 Å². The van der Waals surface area contributed by atoms with Gasteiger partial charge < -0.3 is 4.79 Å². The molecule has 0 aromatic carbocycles. The molecule has 0 N–H and O–H groups in total. The molecular weight excluding hydrogens is 130 g/mol. The number of rotatable bonds is 3. The van der Waals surface area contributed by atoms with E-state index < -0.39 is 0 Å². The van der Waals surface area contributed by atoms with Crippen LogP contribution >= 0.6 is 0 Å². The van der Waals surface area contributed by atoms with Gasteiger partial charge in [0.25, 0.3) is 0 Å². The van der Waals surface area contributed by atoms with Gasteiger partial charge in [-0.15, -0.1) is 5.10 Å². The molecule has 0 aliphatic carbocycles. The molecule has 1 aromatic rings. The first-order valence-corrected chi connectivity index (χ1v) is 3.19. The van der Waals surface area contributed by atoms with Crippen molar-refractivity contribution < 1.29 is 4.79 Å². The van der Waals surface area contributed by atoms with Crippen molar-refractivity contribution in [3.63, 3.8) is 0 Å². The van der Waals surface area contributed by atoms with E-state index in [2.05, 4.69) is 10.3 Å². The Bertz CT molecular complexity index is 219. The van der Waals surface area contributed by atoms with Gasteiger partial charge in [0.2, 0.25) is 0 Å². The highest BCUT2D eigenvalue weighted by atomic mass is 16.1. The van der Waals surface area contributed by atoms with Gasteiger partial charge in [-0.05, 0) is 6.92 Å². The number of hydrogen-bond donors (Lipinski definition) is 0. The Morgan fingerprint density at radius 1 is 1.80 bits per heavy atom. The summed E-state index contributed by atoms with van der Waals surface area (Å²) in [6, 6.07) is 0. The fraction of sp³-hybridized carbons (Fsp3) is 0.500. The Morgan fingerprint density at radius 2 is 2.60 bits per heavy atom. The van der Waals surface area contributed by atoms with Crippen LogP contribution in [0.3, 0.4) is 0 Å². The molecule has 0 aliphatic rings. The number of aromatic nitrogens is 3. The minimum atomic E-state index is 0.404. The molecule has 0 saturated carbocycles. The van der Waals surface area contributed by atoms with E-state index in [-0.39, 0.29) is 0 Å². The van der Waals surface area contributed by atoms with Gasteiger partial charge in [0.15, 0.2) is 0 Å². The fourth-order valence-corrected chi connectivity index (χ4v) is 0.789. The van der Waals surface area contributed by atoms with Crippen LogP contribution in [0.4, 0.5) is 0 Å². The third-order valence-corrected chi connectivity index (χ3v) is 1.29. The number of carbonyl (C=O) groups excluding carboxylic acids is 1. The first-order valence-electron chi connectivity index (χ1n) is 3.19. The van der Waals surface area contributed by atoms with E-state index in [4.69, 9.17) is 0 Å². The van der Waals surface area contributed by atoms with E-state index in [0.29, 0.717) is 6.42 Å². The molecule has 0 unspecified atom stereocenters. The van der Waals surface area contributed by atoms with Crippen LogP contribution in [0.15, 0.2) is 6.20 Å². The molecule has 1 heterocycles. The van der Waals surface area contributed by atoms with Crippen LogP contribution in [0, 0.1) is 0 Å². The maximum atomic E-state index is 10.1. The number of nitrogens with zero attached hydrogens (tertiary/aromatic N) is 3. The minimum Gasteiger partial charge on any atom is -0.303 e. The van der Waals surface area contributed by atoms with Gasteiger partial charge in [-0.2, -0.15) is 0 Å². The van der Waals surface area contributed by atoms with Crippen LogP contribution in [-0.2, 0) is 17.8 Å². The second kappa shape index (κ2) is 3.10. The van der Waals surface area contributed by atoms with Crippen molar-refractivity contribution in [1.29, 1.82) is 0 Å². The predicted octanol–water partition coefficient (Wildman–Crippen LogP) is 0.0394. The standard InChI is InChI=1S/C6H9N3O/c1-2-9-6(3-4-10)5-7-8-9/h4-5H,2-3H2,1H3. The maximum Gasteiger partial charge on any atom is 0.125 e. The Hall–Kier alpha value is -1.19. The van der Waals surface area contributed by atoms with E-state index >= 15 is 0 Å². The summed E-state index contributed by atoms with van der Waals surface area (Å²) in [6.45, 7) is 2.73. The molecule has 0 atom stereocenters. The smallest absolute Gasteiger partial charge is 0.125 e. The molecular formula is C6H9N3O. The third-order valence-electron chi connectivity index (χ3n) is 1.29. The summed E-state index contributed by atoms with van der Waals surface area (Å²) in [7, 11) is 0. The fourth-order valence-electron chi connectivity index (χ4n) is 0.789. The second-order valence-corrected chi connectivity index (χ2v) is 1.91. The van der Waals surface area contributed by atoms with E-state index in [1.54, 1.807) is 10.9 Å². The second-order valence-electron chi connectivity index (χ2n) is 1.91. The summed E-state index contributed by atoms with van der Waals surface area (Å²) in [5.74, 6) is 0. The Labute approximate surface area is 58.8 Å². The van der Waals surface area contributed by atoms with Crippen LogP contribution in [0.25, 0.3) is 0 Å². The number of aryl methyl sites for hydroxylation is 1. The van der Waals surface area contributed by atoms with Crippen LogP contribution in [0.2, 0.25) is 0 Å². The van der Waals surface area contributed by atoms with Crippen LogP contribution in [0.1, 0.15) is 12.6 Å². The van der Waals surface area contributed by atoms with Crippen molar-refractivity contribution in [2.24, 2.45) is 0 Å². The zero-order valence-corrected chi connectivity index (χ0v) is 5.82. The molecule has 0 aliphatic heterocycles. The lowest BCUT2D eigenvalue weighted by molar-refractivity contribution is -0.107. The lowest BCUT2D eigenvalue weighted by Gasteiger charge is -1.95. The Balaban J connectivity index is 2.79. The van der Waals surface area contributed by atoms with Crippen LogP contribution in [-0.4, -0.2) is 21.3 Å². The topological polar surface area (TPSA) is 47.8 Å². The SMILES string of the molecule is CCn1nncc1CC=O. The number of carbonyl (C=O) groups is 1. The molecule has 0 radical (unpaired) electrons. The number of aldehydes is 1. The van der Waals surface area contributed by atoms with Gasteiger partial charge in [-0.25, -0.2) is 4.68 Å². The Kier molecular flexibility index (Phi) is 2.15. The molecule has 10 heavy (non-hydrogen) atoms. The lowest BCUT2D eigenvalue weighted by atomic mass is 10.3. The van der Waals surface area contributed by atoms with E-state index in [1.165, 1.54) is 0 Å². The monoisotopic (exact) mass is 139 g/mol. The molecule has 1 rings (SSSR count). The summed E-state index contributed by atoms with van der Waals surface area (Å²) >= 11 is 0. The van der Waals surface area contributed by atoms with Gasteiger partial charge >= 0.3 is 0 Å². The van der Waals surface area contributed by atoms with Crippen molar-refractivity contribution in [3.05, 3.63) is 11.9 Å². The zero-order chi connectivity index (χ0) is 7.40. The summed E-state index contributed by atoms with van der Waals surface area (Å²) in [4.78, 5) is 10.1. The predicted molar refractivity (Wildman–Crippen MR) is 35.5 cm³/mol. The van der Waals surface area contributed by atoms with Crippen molar-refractivity contribution in [1.82, 2.24) is 15.0 Å². The van der Waals surface area contributed by atoms with Crippen LogP contribution in [0.5, 0.6) is 0 Å². The van der Waals surface area contributed by atoms with Crippen molar-refractivity contribution >= 4 is 6.29 Å². The number of hydrogen-bond acceptors (Lipinski definition) is 3. The normalized spacial score (nSPS) is 9.70. The van der Waals surface area contributed by atoms with E-state index in [1.807, 2.05) is 6.92 Å². The highest BCUT2D eigenvalue weighted by molar-refractivity contribution is 5.53. The molecule has 0 amide bonds.